The molecule has 0 fully saturated rings. The van der Waals surface area contributed by atoms with Crippen molar-refractivity contribution >= 4 is 35.2 Å². The standard InChI is InChI=1S/C14H18N2O4S/c15-12(17)9-21-8-7-13(18)16-11-4-1-10(2-5-11)3-6-14(19)20/h1-2,4-5H,3,6-9H2,(H2,15,17)(H,16,18)(H,19,20). The van der Waals surface area contributed by atoms with Crippen LogP contribution in [0, 0.1) is 0 Å². The molecule has 1 aromatic carbocycles. The van der Waals surface area contributed by atoms with E-state index in [1.807, 2.05) is 0 Å². The van der Waals surface area contributed by atoms with Gasteiger partial charge in [-0.3, -0.25) is 14.4 Å². The highest BCUT2D eigenvalue weighted by Crippen LogP contribution is 2.12. The first-order valence-corrected chi connectivity index (χ1v) is 7.59. The first kappa shape index (κ1) is 17.0. The fourth-order valence-corrected chi connectivity index (χ4v) is 2.24. The number of nitrogens with two attached hydrogens (primary N) is 1. The average Bonchev–Trinajstić information content (AvgIpc) is 2.42. The minimum atomic E-state index is -0.833. The summed E-state index contributed by atoms with van der Waals surface area (Å²) in [4.78, 5) is 32.6. The van der Waals surface area contributed by atoms with E-state index in [4.69, 9.17) is 10.8 Å². The number of amides is 2. The highest BCUT2D eigenvalue weighted by atomic mass is 32.2. The fourth-order valence-electron chi connectivity index (χ4n) is 1.57. The Morgan fingerprint density at radius 2 is 1.81 bits per heavy atom. The molecule has 0 aliphatic rings. The van der Waals surface area contributed by atoms with Crippen LogP contribution in [0.2, 0.25) is 0 Å². The second-order valence-electron chi connectivity index (χ2n) is 4.41. The zero-order chi connectivity index (χ0) is 15.7. The highest BCUT2D eigenvalue weighted by molar-refractivity contribution is 7.99. The summed E-state index contributed by atoms with van der Waals surface area (Å²) in [7, 11) is 0. The number of hydrogen-bond donors (Lipinski definition) is 3. The molecule has 0 aliphatic carbocycles. The lowest BCUT2D eigenvalue weighted by Crippen LogP contribution is -2.15. The summed E-state index contributed by atoms with van der Waals surface area (Å²) in [5, 5.41) is 11.3. The minimum Gasteiger partial charge on any atom is -0.481 e. The van der Waals surface area contributed by atoms with E-state index in [2.05, 4.69) is 5.32 Å². The van der Waals surface area contributed by atoms with E-state index >= 15 is 0 Å². The number of anilines is 1. The Hall–Kier alpha value is -2.02. The van der Waals surface area contributed by atoms with Crippen molar-refractivity contribution in [1.82, 2.24) is 0 Å². The maximum absolute atomic E-state index is 11.6. The normalized spacial score (nSPS) is 10.1. The Morgan fingerprint density at radius 1 is 1.14 bits per heavy atom. The van der Waals surface area contributed by atoms with Crippen LogP contribution in [0.1, 0.15) is 18.4 Å². The van der Waals surface area contributed by atoms with Crippen LogP contribution in [0.25, 0.3) is 0 Å². The molecule has 4 N–H and O–H groups in total. The number of carboxylic acid groups (broad SMARTS) is 1. The molecule has 0 aromatic heterocycles. The molecule has 0 saturated carbocycles. The molecule has 0 radical (unpaired) electrons. The Bertz CT molecular complexity index is 502. The fraction of sp³-hybridized carbons (Fsp3) is 0.357. The van der Waals surface area contributed by atoms with E-state index < -0.39 is 11.9 Å². The summed E-state index contributed by atoms with van der Waals surface area (Å²) in [5.41, 5.74) is 6.57. The Morgan fingerprint density at radius 3 is 2.38 bits per heavy atom. The van der Waals surface area contributed by atoms with Crippen molar-refractivity contribution in [2.45, 2.75) is 19.3 Å². The van der Waals surface area contributed by atoms with E-state index in [1.54, 1.807) is 24.3 Å². The lowest BCUT2D eigenvalue weighted by molar-refractivity contribution is -0.137. The van der Waals surface area contributed by atoms with E-state index in [-0.39, 0.29) is 18.1 Å². The number of carbonyl (C=O) groups excluding carboxylic acids is 2. The van der Waals surface area contributed by atoms with Gasteiger partial charge >= 0.3 is 5.97 Å². The number of hydrogen-bond acceptors (Lipinski definition) is 4. The summed E-state index contributed by atoms with van der Waals surface area (Å²) in [6, 6.07) is 7.07. The van der Waals surface area contributed by atoms with Crippen LogP contribution < -0.4 is 11.1 Å². The molecule has 6 nitrogen and oxygen atoms in total. The first-order chi connectivity index (χ1) is 9.97. The van der Waals surface area contributed by atoms with Gasteiger partial charge < -0.3 is 16.2 Å². The molecule has 0 saturated heterocycles. The number of rotatable bonds is 9. The summed E-state index contributed by atoms with van der Waals surface area (Å²) in [6.45, 7) is 0. The van der Waals surface area contributed by atoms with Crippen molar-refractivity contribution in [3.63, 3.8) is 0 Å². The van der Waals surface area contributed by atoms with Gasteiger partial charge in [0.1, 0.15) is 0 Å². The minimum absolute atomic E-state index is 0.0861. The molecule has 0 heterocycles. The van der Waals surface area contributed by atoms with Gasteiger partial charge in [0.25, 0.3) is 0 Å². The summed E-state index contributed by atoms with van der Waals surface area (Å²) in [5.74, 6) is -0.611. The number of carbonyl (C=O) groups is 3. The molecule has 0 atom stereocenters. The van der Waals surface area contributed by atoms with E-state index in [9.17, 15) is 14.4 Å². The Labute approximate surface area is 127 Å². The van der Waals surface area contributed by atoms with Gasteiger partial charge in [-0.15, -0.1) is 0 Å². The molecule has 2 amide bonds. The van der Waals surface area contributed by atoms with Gasteiger partial charge in [-0.1, -0.05) is 12.1 Å². The van der Waals surface area contributed by atoms with Crippen LogP contribution in [-0.2, 0) is 20.8 Å². The summed E-state index contributed by atoms with van der Waals surface area (Å²) in [6.07, 6.45) is 0.856. The highest BCUT2D eigenvalue weighted by Gasteiger charge is 2.04. The molecule has 0 spiro atoms. The molecule has 0 bridgehead atoms. The quantitative estimate of drug-likeness (QED) is 0.595. The largest absolute Gasteiger partial charge is 0.481 e. The molecule has 1 rings (SSSR count). The van der Waals surface area contributed by atoms with Crippen molar-refractivity contribution < 1.29 is 19.5 Å². The van der Waals surface area contributed by atoms with Crippen molar-refractivity contribution in [2.75, 3.05) is 16.8 Å². The monoisotopic (exact) mass is 310 g/mol. The smallest absolute Gasteiger partial charge is 0.303 e. The molecule has 114 valence electrons. The SMILES string of the molecule is NC(=O)CSCCC(=O)Nc1ccc(CCC(=O)O)cc1. The number of carboxylic acids is 1. The number of thioether (sulfide) groups is 1. The van der Waals surface area contributed by atoms with Crippen LogP contribution in [0.5, 0.6) is 0 Å². The van der Waals surface area contributed by atoms with Gasteiger partial charge in [0.2, 0.25) is 11.8 Å². The zero-order valence-electron chi connectivity index (χ0n) is 11.5. The third-order valence-corrected chi connectivity index (χ3v) is 3.56. The van der Waals surface area contributed by atoms with Crippen LogP contribution >= 0.6 is 11.8 Å². The van der Waals surface area contributed by atoms with Crippen LogP contribution in [0.15, 0.2) is 24.3 Å². The van der Waals surface area contributed by atoms with Gasteiger partial charge in [0.15, 0.2) is 0 Å². The van der Waals surface area contributed by atoms with Crippen LogP contribution in [-0.4, -0.2) is 34.4 Å². The van der Waals surface area contributed by atoms with Crippen molar-refractivity contribution in [2.24, 2.45) is 5.73 Å². The van der Waals surface area contributed by atoms with Gasteiger partial charge in [0, 0.05) is 24.3 Å². The predicted octanol–water partition coefficient (Wildman–Crippen LogP) is 1.25. The van der Waals surface area contributed by atoms with Crippen LogP contribution in [0.4, 0.5) is 5.69 Å². The second-order valence-corrected chi connectivity index (χ2v) is 5.51. The van der Waals surface area contributed by atoms with Gasteiger partial charge in [-0.05, 0) is 24.1 Å². The van der Waals surface area contributed by atoms with Crippen molar-refractivity contribution in [3.8, 4) is 0 Å². The lowest BCUT2D eigenvalue weighted by Gasteiger charge is -2.06. The summed E-state index contributed by atoms with van der Waals surface area (Å²) < 4.78 is 0. The maximum atomic E-state index is 11.6. The van der Waals surface area contributed by atoms with Crippen LogP contribution in [0.3, 0.4) is 0 Å². The first-order valence-electron chi connectivity index (χ1n) is 6.44. The Kier molecular flexibility index (Phi) is 7.31. The predicted molar refractivity (Wildman–Crippen MR) is 82.2 cm³/mol. The molecule has 0 aliphatic heterocycles. The molecule has 7 heteroatoms. The second kappa shape index (κ2) is 9.02. The molecule has 0 unspecified atom stereocenters. The van der Waals surface area contributed by atoms with Crippen molar-refractivity contribution in [3.05, 3.63) is 29.8 Å². The zero-order valence-corrected chi connectivity index (χ0v) is 12.3. The van der Waals surface area contributed by atoms with Crippen molar-refractivity contribution in [1.29, 1.82) is 0 Å². The third kappa shape index (κ3) is 7.98. The summed E-state index contributed by atoms with van der Waals surface area (Å²) >= 11 is 1.32. The number of benzene rings is 1. The topological polar surface area (TPSA) is 109 Å². The average molecular weight is 310 g/mol. The molecular weight excluding hydrogens is 292 g/mol. The van der Waals surface area contributed by atoms with Gasteiger partial charge in [-0.2, -0.15) is 11.8 Å². The van der Waals surface area contributed by atoms with Gasteiger partial charge in [-0.25, -0.2) is 0 Å². The third-order valence-electron chi connectivity index (χ3n) is 2.58. The Balaban J connectivity index is 2.32. The lowest BCUT2D eigenvalue weighted by atomic mass is 10.1. The van der Waals surface area contributed by atoms with E-state index in [1.165, 1.54) is 11.8 Å². The molecule has 21 heavy (non-hydrogen) atoms. The van der Waals surface area contributed by atoms with Gasteiger partial charge in [0.05, 0.1) is 5.75 Å². The number of aliphatic carboxylic acids is 1. The number of primary amides is 1. The molecular formula is C14H18N2O4S. The maximum Gasteiger partial charge on any atom is 0.303 e. The number of nitrogens with one attached hydrogen (secondary N) is 1. The number of aryl methyl sites for hydroxylation is 1. The van der Waals surface area contributed by atoms with E-state index in [0.29, 0.717) is 24.3 Å². The van der Waals surface area contributed by atoms with E-state index in [0.717, 1.165) is 5.56 Å². The molecule has 1 aromatic rings.